The number of nitrogens with zero attached hydrogens (tertiary/aromatic N) is 1. The monoisotopic (exact) mass is 127 g/mol. The molecule has 0 atom stereocenters. The van der Waals surface area contributed by atoms with Crippen molar-refractivity contribution in [2.75, 3.05) is 19.6 Å². The third-order valence-electron chi connectivity index (χ3n) is 1.37. The van der Waals surface area contributed by atoms with Crippen LogP contribution in [0.5, 0.6) is 0 Å². The average Bonchev–Trinajstić information content (AvgIpc) is 2.18. The van der Waals surface area contributed by atoms with Crippen molar-refractivity contribution >= 4 is 6.03 Å². The second-order valence-corrected chi connectivity index (χ2v) is 2.07. The van der Waals surface area contributed by atoms with E-state index in [1.54, 1.807) is 4.90 Å². The minimum Gasteiger partial charge on any atom is -0.336 e. The van der Waals surface area contributed by atoms with Gasteiger partial charge in [-0.25, -0.2) is 4.79 Å². The van der Waals surface area contributed by atoms with E-state index in [4.69, 9.17) is 0 Å². The molecule has 3 heteroatoms. The molecule has 1 aliphatic rings. The summed E-state index contributed by atoms with van der Waals surface area (Å²) in [5, 5.41) is 2.71. The topological polar surface area (TPSA) is 32.3 Å². The summed E-state index contributed by atoms with van der Waals surface area (Å²) < 4.78 is 0. The van der Waals surface area contributed by atoms with E-state index in [-0.39, 0.29) is 6.03 Å². The second-order valence-electron chi connectivity index (χ2n) is 2.07. The molecule has 1 aliphatic heterocycles. The molecule has 3 nitrogen and oxygen atoms in total. The Morgan fingerprint density at radius 2 is 2.56 bits per heavy atom. The summed E-state index contributed by atoms with van der Waals surface area (Å²) in [6, 6.07) is 0.0543. The van der Waals surface area contributed by atoms with Crippen molar-refractivity contribution < 1.29 is 4.79 Å². The predicted molar refractivity (Wildman–Crippen MR) is 34.9 cm³/mol. The lowest BCUT2D eigenvalue weighted by Gasteiger charge is -2.10. The van der Waals surface area contributed by atoms with Gasteiger partial charge < -0.3 is 10.2 Å². The van der Waals surface area contributed by atoms with E-state index in [0.717, 1.165) is 26.1 Å². The zero-order valence-corrected chi connectivity index (χ0v) is 5.39. The van der Waals surface area contributed by atoms with E-state index < -0.39 is 0 Å². The summed E-state index contributed by atoms with van der Waals surface area (Å²) in [6.07, 6.45) is 0.799. The van der Waals surface area contributed by atoms with Crippen molar-refractivity contribution in [3.05, 3.63) is 6.92 Å². The quantitative estimate of drug-likeness (QED) is 0.566. The highest BCUT2D eigenvalue weighted by Crippen LogP contribution is 1.96. The molecule has 9 heavy (non-hydrogen) atoms. The van der Waals surface area contributed by atoms with Gasteiger partial charge in [-0.2, -0.15) is 0 Å². The number of nitrogens with one attached hydrogen (secondary N) is 1. The van der Waals surface area contributed by atoms with Gasteiger partial charge in [-0.3, -0.25) is 0 Å². The molecule has 2 amide bonds. The Morgan fingerprint density at radius 3 is 3.00 bits per heavy atom. The zero-order chi connectivity index (χ0) is 6.69. The Kier molecular flexibility index (Phi) is 1.92. The van der Waals surface area contributed by atoms with E-state index in [2.05, 4.69) is 12.2 Å². The van der Waals surface area contributed by atoms with Crippen molar-refractivity contribution in [3.8, 4) is 0 Å². The summed E-state index contributed by atoms with van der Waals surface area (Å²) in [5.41, 5.74) is 0. The van der Waals surface area contributed by atoms with Gasteiger partial charge in [0, 0.05) is 19.6 Å². The third-order valence-corrected chi connectivity index (χ3v) is 1.37. The van der Waals surface area contributed by atoms with Crippen molar-refractivity contribution in [3.63, 3.8) is 0 Å². The molecule has 1 rings (SSSR count). The molecule has 1 heterocycles. The third kappa shape index (κ3) is 1.34. The van der Waals surface area contributed by atoms with Gasteiger partial charge in [0.05, 0.1) is 0 Å². The number of hydrogen-bond acceptors (Lipinski definition) is 1. The van der Waals surface area contributed by atoms with Crippen LogP contribution < -0.4 is 5.32 Å². The van der Waals surface area contributed by atoms with Crippen molar-refractivity contribution in [1.82, 2.24) is 10.2 Å². The number of carbonyl (C=O) groups excluding carboxylic acids is 1. The normalized spacial score (nSPS) is 18.3. The summed E-state index contributed by atoms with van der Waals surface area (Å²) in [7, 11) is 0. The van der Waals surface area contributed by atoms with Crippen LogP contribution in [0.4, 0.5) is 4.79 Å². The number of carbonyl (C=O) groups is 1. The molecule has 1 fully saturated rings. The van der Waals surface area contributed by atoms with E-state index in [9.17, 15) is 4.79 Å². The van der Waals surface area contributed by atoms with Gasteiger partial charge in [0.1, 0.15) is 0 Å². The lowest BCUT2D eigenvalue weighted by molar-refractivity contribution is 0.218. The van der Waals surface area contributed by atoms with Gasteiger partial charge in [-0.15, -0.1) is 0 Å². The van der Waals surface area contributed by atoms with E-state index >= 15 is 0 Å². The molecule has 0 spiro atoms. The fraction of sp³-hybridized carbons (Fsp3) is 0.667. The van der Waals surface area contributed by atoms with Crippen LogP contribution >= 0.6 is 0 Å². The first-order chi connectivity index (χ1) is 4.34. The molecule has 0 saturated carbocycles. The Balaban J connectivity index is 2.31. The average molecular weight is 127 g/mol. The molecule has 1 N–H and O–H groups in total. The summed E-state index contributed by atoms with van der Waals surface area (Å²) in [5.74, 6) is 0. The van der Waals surface area contributed by atoms with Crippen LogP contribution in [-0.2, 0) is 0 Å². The lowest BCUT2D eigenvalue weighted by Crippen LogP contribution is -2.28. The van der Waals surface area contributed by atoms with E-state index in [1.165, 1.54) is 0 Å². The van der Waals surface area contributed by atoms with Crippen molar-refractivity contribution in [2.45, 2.75) is 6.42 Å². The van der Waals surface area contributed by atoms with Crippen LogP contribution in [0.1, 0.15) is 6.42 Å². The molecule has 0 aromatic heterocycles. The SMILES string of the molecule is [CH2]CCN1CCNC1=O. The summed E-state index contributed by atoms with van der Waals surface area (Å²) >= 11 is 0. The Bertz CT molecular complexity index is 114. The van der Waals surface area contributed by atoms with Crippen LogP contribution in [0.15, 0.2) is 0 Å². The first kappa shape index (κ1) is 6.39. The Hall–Kier alpha value is -0.730. The van der Waals surface area contributed by atoms with Crippen molar-refractivity contribution in [2.24, 2.45) is 0 Å². The molecular weight excluding hydrogens is 116 g/mol. The molecule has 51 valence electrons. The number of hydrogen-bond donors (Lipinski definition) is 1. The number of rotatable bonds is 2. The molecule has 1 radical (unpaired) electrons. The van der Waals surface area contributed by atoms with Gasteiger partial charge in [0.15, 0.2) is 0 Å². The van der Waals surface area contributed by atoms with Gasteiger partial charge in [-0.05, 0) is 6.42 Å². The minimum atomic E-state index is 0.0543. The van der Waals surface area contributed by atoms with Crippen LogP contribution in [0.25, 0.3) is 0 Å². The molecule has 0 aromatic rings. The van der Waals surface area contributed by atoms with E-state index in [0.29, 0.717) is 0 Å². The largest absolute Gasteiger partial charge is 0.336 e. The smallest absolute Gasteiger partial charge is 0.317 e. The highest BCUT2D eigenvalue weighted by atomic mass is 16.2. The predicted octanol–water partition coefficient (Wildman–Crippen LogP) is 0.236. The maximum absolute atomic E-state index is 10.8. The minimum absolute atomic E-state index is 0.0543. The molecule has 0 bridgehead atoms. The van der Waals surface area contributed by atoms with Crippen LogP contribution in [0.2, 0.25) is 0 Å². The van der Waals surface area contributed by atoms with Gasteiger partial charge in [-0.1, -0.05) is 6.92 Å². The maximum Gasteiger partial charge on any atom is 0.317 e. The number of amides is 2. The fourth-order valence-electron chi connectivity index (χ4n) is 0.915. The first-order valence-electron chi connectivity index (χ1n) is 3.16. The standard InChI is InChI=1S/C6H11N2O/c1-2-4-8-5-3-7-6(8)9/h1-5H2,(H,7,9). The van der Waals surface area contributed by atoms with Crippen LogP contribution in [0, 0.1) is 6.92 Å². The Morgan fingerprint density at radius 1 is 1.78 bits per heavy atom. The first-order valence-corrected chi connectivity index (χ1v) is 3.16. The molecule has 0 aromatic carbocycles. The lowest BCUT2D eigenvalue weighted by atomic mass is 10.4. The second kappa shape index (κ2) is 2.71. The van der Waals surface area contributed by atoms with Crippen molar-refractivity contribution in [1.29, 1.82) is 0 Å². The summed E-state index contributed by atoms with van der Waals surface area (Å²) in [6.45, 7) is 6.08. The number of urea groups is 1. The maximum atomic E-state index is 10.8. The molecular formula is C6H11N2O. The van der Waals surface area contributed by atoms with Crippen LogP contribution in [-0.4, -0.2) is 30.6 Å². The van der Waals surface area contributed by atoms with Gasteiger partial charge in [0.2, 0.25) is 0 Å². The molecule has 1 saturated heterocycles. The molecule has 0 unspecified atom stereocenters. The van der Waals surface area contributed by atoms with E-state index in [1.807, 2.05) is 0 Å². The Labute approximate surface area is 55.0 Å². The van der Waals surface area contributed by atoms with Gasteiger partial charge >= 0.3 is 6.03 Å². The highest BCUT2D eigenvalue weighted by molar-refractivity contribution is 5.76. The molecule has 0 aliphatic carbocycles. The summed E-state index contributed by atoms with van der Waals surface area (Å²) in [4.78, 5) is 12.5. The fourth-order valence-corrected chi connectivity index (χ4v) is 0.915. The van der Waals surface area contributed by atoms with Gasteiger partial charge in [0.25, 0.3) is 0 Å². The zero-order valence-electron chi connectivity index (χ0n) is 5.39. The highest BCUT2D eigenvalue weighted by Gasteiger charge is 2.16. The van der Waals surface area contributed by atoms with Crippen LogP contribution in [0.3, 0.4) is 0 Å².